The zero-order chi connectivity index (χ0) is 13.0. The lowest BCUT2D eigenvalue weighted by atomic mass is 10.3. The summed E-state index contributed by atoms with van der Waals surface area (Å²) in [6.07, 6.45) is 1.25. The number of hydrogen-bond donors (Lipinski definition) is 0. The lowest BCUT2D eigenvalue weighted by molar-refractivity contribution is 0.377. The van der Waals surface area contributed by atoms with Crippen molar-refractivity contribution in [2.75, 3.05) is 14.2 Å². The van der Waals surface area contributed by atoms with Crippen molar-refractivity contribution in [2.24, 2.45) is 0 Å². The fraction of sp³-hybridized carbons (Fsp3) is 0.538. The number of rotatable bonds is 2. The molecule has 94 valence electrons. The highest BCUT2D eigenvalue weighted by molar-refractivity contribution is 5.32. The van der Waals surface area contributed by atoms with Crippen LogP contribution in [-0.4, -0.2) is 14.2 Å². The Labute approximate surface area is 98.4 Å². The first-order valence-electron chi connectivity index (χ1n) is 5.57. The number of hydrogen-bond acceptors (Lipinski definition) is 2. The van der Waals surface area contributed by atoms with Gasteiger partial charge < -0.3 is 9.47 Å². The average molecular weight is 230 g/mol. The van der Waals surface area contributed by atoms with E-state index in [1.54, 1.807) is 6.07 Å². The van der Waals surface area contributed by atoms with Crippen molar-refractivity contribution in [3.63, 3.8) is 0 Å². The molecule has 0 aliphatic carbocycles. The molecular weight excluding hydrogens is 207 g/mol. The summed E-state index contributed by atoms with van der Waals surface area (Å²) in [5.41, 5.74) is 0. The van der Waals surface area contributed by atoms with Crippen LogP contribution in [0.15, 0.2) is 18.2 Å². The zero-order valence-corrected chi connectivity index (χ0v) is 11.1. The molecule has 0 aliphatic rings. The Kier molecular flexibility index (Phi) is 12.7. The van der Waals surface area contributed by atoms with Crippen LogP contribution in [0, 0.1) is 5.82 Å². The molecule has 0 bridgehead atoms. The minimum absolute atomic E-state index is 0.228. The van der Waals surface area contributed by atoms with Gasteiger partial charge in [0.1, 0.15) is 5.75 Å². The zero-order valence-electron chi connectivity index (χ0n) is 11.1. The summed E-state index contributed by atoms with van der Waals surface area (Å²) >= 11 is 0. The molecule has 0 unspecified atom stereocenters. The van der Waals surface area contributed by atoms with E-state index in [0.29, 0.717) is 5.75 Å². The van der Waals surface area contributed by atoms with E-state index in [0.717, 1.165) is 0 Å². The number of benzene rings is 1. The van der Waals surface area contributed by atoms with Crippen LogP contribution in [-0.2, 0) is 0 Å². The van der Waals surface area contributed by atoms with E-state index in [-0.39, 0.29) is 5.75 Å². The molecule has 0 saturated heterocycles. The van der Waals surface area contributed by atoms with Gasteiger partial charge in [0.15, 0.2) is 11.6 Å². The van der Waals surface area contributed by atoms with E-state index in [2.05, 4.69) is 13.8 Å². The normalized spacial score (nSPS) is 7.94. The summed E-state index contributed by atoms with van der Waals surface area (Å²) in [6.45, 7) is 8.25. The molecule has 16 heavy (non-hydrogen) atoms. The molecule has 0 fully saturated rings. The van der Waals surface area contributed by atoms with Gasteiger partial charge in [-0.1, -0.05) is 34.1 Å². The van der Waals surface area contributed by atoms with E-state index in [1.165, 1.54) is 32.8 Å². The Morgan fingerprint density at radius 1 is 1.06 bits per heavy atom. The Morgan fingerprint density at radius 3 is 1.88 bits per heavy atom. The van der Waals surface area contributed by atoms with Crippen molar-refractivity contribution in [3.8, 4) is 11.5 Å². The predicted molar refractivity (Wildman–Crippen MR) is 66.8 cm³/mol. The predicted octanol–water partition coefficient (Wildman–Crippen LogP) is 4.29. The van der Waals surface area contributed by atoms with Crippen molar-refractivity contribution >= 4 is 0 Å². The van der Waals surface area contributed by atoms with E-state index >= 15 is 0 Å². The summed E-state index contributed by atoms with van der Waals surface area (Å²) in [5, 5.41) is 0. The first-order valence-corrected chi connectivity index (χ1v) is 5.57. The van der Waals surface area contributed by atoms with E-state index in [9.17, 15) is 4.39 Å². The maximum Gasteiger partial charge on any atom is 0.168 e. The molecule has 0 aliphatic heterocycles. The van der Waals surface area contributed by atoms with Crippen LogP contribution in [0.5, 0.6) is 11.5 Å². The number of methoxy groups -OCH3 is 2. The summed E-state index contributed by atoms with van der Waals surface area (Å²) in [4.78, 5) is 0. The van der Waals surface area contributed by atoms with Crippen LogP contribution in [0.2, 0.25) is 0 Å². The molecule has 1 aromatic rings. The van der Waals surface area contributed by atoms with Gasteiger partial charge in [-0.25, -0.2) is 4.39 Å². The van der Waals surface area contributed by atoms with Gasteiger partial charge in [-0.15, -0.1) is 0 Å². The third-order valence-electron chi connectivity index (χ3n) is 1.36. The minimum Gasteiger partial charge on any atom is -0.497 e. The maximum atomic E-state index is 12.8. The average Bonchev–Trinajstić information content (AvgIpc) is 2.32. The lowest BCUT2D eigenvalue weighted by Gasteiger charge is -2.02. The monoisotopic (exact) mass is 230 g/mol. The van der Waals surface area contributed by atoms with Gasteiger partial charge in [-0.2, -0.15) is 0 Å². The van der Waals surface area contributed by atoms with Gasteiger partial charge >= 0.3 is 0 Å². The fourth-order valence-corrected chi connectivity index (χ4v) is 0.774. The van der Waals surface area contributed by atoms with Crippen molar-refractivity contribution < 1.29 is 13.9 Å². The van der Waals surface area contributed by atoms with E-state index in [4.69, 9.17) is 9.47 Å². The van der Waals surface area contributed by atoms with E-state index < -0.39 is 5.82 Å². The van der Waals surface area contributed by atoms with Crippen LogP contribution in [0.25, 0.3) is 0 Å². The van der Waals surface area contributed by atoms with Gasteiger partial charge in [-0.05, 0) is 12.1 Å². The molecule has 3 heteroatoms. The summed E-state index contributed by atoms with van der Waals surface area (Å²) in [7, 11) is 2.91. The summed E-state index contributed by atoms with van der Waals surface area (Å²) < 4.78 is 22.3. The third kappa shape index (κ3) is 7.10. The minimum atomic E-state index is -0.410. The standard InChI is InChI=1S/C8H9FO2.C3H8.C2H6/c1-10-6-3-4-8(11-2)7(9)5-6;1-3-2;1-2/h3-5H,1-2H3;3H2,1-2H3;1-2H3. The molecule has 0 aromatic heterocycles. The number of halogens is 1. The highest BCUT2D eigenvalue weighted by Gasteiger charge is 2.01. The topological polar surface area (TPSA) is 18.5 Å². The van der Waals surface area contributed by atoms with Crippen LogP contribution in [0.4, 0.5) is 4.39 Å². The lowest BCUT2D eigenvalue weighted by Crippen LogP contribution is -1.89. The molecule has 1 rings (SSSR count). The molecule has 1 aromatic carbocycles. The van der Waals surface area contributed by atoms with Crippen LogP contribution < -0.4 is 9.47 Å². The van der Waals surface area contributed by atoms with Gasteiger partial charge in [0.05, 0.1) is 14.2 Å². The van der Waals surface area contributed by atoms with E-state index in [1.807, 2.05) is 13.8 Å². The molecule has 0 amide bonds. The first-order chi connectivity index (χ1) is 7.69. The van der Waals surface area contributed by atoms with Gasteiger partial charge in [0.2, 0.25) is 0 Å². The van der Waals surface area contributed by atoms with Gasteiger partial charge in [-0.3, -0.25) is 0 Å². The number of ether oxygens (including phenoxy) is 2. The molecule has 0 saturated carbocycles. The first kappa shape index (κ1) is 17.2. The molecule has 0 radical (unpaired) electrons. The summed E-state index contributed by atoms with van der Waals surface area (Å²) in [6, 6.07) is 4.44. The second-order valence-electron chi connectivity index (χ2n) is 2.71. The van der Waals surface area contributed by atoms with Gasteiger partial charge in [0.25, 0.3) is 0 Å². The Morgan fingerprint density at radius 2 is 1.56 bits per heavy atom. The van der Waals surface area contributed by atoms with Crippen molar-refractivity contribution in [1.29, 1.82) is 0 Å². The Hall–Kier alpha value is -1.25. The Balaban J connectivity index is 0. The molecular formula is C13H23FO2. The highest BCUT2D eigenvalue weighted by atomic mass is 19.1. The van der Waals surface area contributed by atoms with Crippen molar-refractivity contribution in [3.05, 3.63) is 24.0 Å². The molecule has 2 nitrogen and oxygen atoms in total. The van der Waals surface area contributed by atoms with Crippen molar-refractivity contribution in [2.45, 2.75) is 34.1 Å². The van der Waals surface area contributed by atoms with Crippen LogP contribution in [0.3, 0.4) is 0 Å². The van der Waals surface area contributed by atoms with Crippen LogP contribution in [0.1, 0.15) is 34.1 Å². The van der Waals surface area contributed by atoms with Crippen LogP contribution >= 0.6 is 0 Å². The fourth-order valence-electron chi connectivity index (χ4n) is 0.774. The molecule has 0 heterocycles. The quantitative estimate of drug-likeness (QED) is 0.754. The third-order valence-corrected chi connectivity index (χ3v) is 1.36. The summed E-state index contributed by atoms with van der Waals surface area (Å²) in [5.74, 6) is 0.306. The second kappa shape index (κ2) is 11.8. The SMILES string of the molecule is CC.CCC.COc1ccc(OC)c(F)c1. The molecule has 0 atom stereocenters. The second-order valence-corrected chi connectivity index (χ2v) is 2.71. The van der Waals surface area contributed by atoms with Crippen molar-refractivity contribution in [1.82, 2.24) is 0 Å². The highest BCUT2D eigenvalue weighted by Crippen LogP contribution is 2.21. The smallest absolute Gasteiger partial charge is 0.168 e. The molecule has 0 spiro atoms. The largest absolute Gasteiger partial charge is 0.497 e. The maximum absolute atomic E-state index is 12.8. The van der Waals surface area contributed by atoms with Gasteiger partial charge in [0, 0.05) is 6.07 Å². The molecule has 0 N–H and O–H groups in total. The Bertz CT molecular complexity index is 262.